The van der Waals surface area contributed by atoms with E-state index in [0.717, 1.165) is 9.64 Å². The van der Waals surface area contributed by atoms with Crippen LogP contribution in [-0.4, -0.2) is 50.8 Å². The van der Waals surface area contributed by atoms with E-state index in [1.807, 2.05) is 23.1 Å². The van der Waals surface area contributed by atoms with Crippen LogP contribution in [0.15, 0.2) is 47.7 Å². The zero-order valence-electron chi connectivity index (χ0n) is 24.8. The number of rotatable bonds is 4. The molecular formula is C32H32F2IN5O4. The normalized spacial score (nSPS) is 17.1. The summed E-state index contributed by atoms with van der Waals surface area (Å²) in [6.45, 7) is 9.45. The highest BCUT2D eigenvalue weighted by Crippen LogP contribution is 2.35. The lowest BCUT2D eigenvalue weighted by Gasteiger charge is -2.32. The summed E-state index contributed by atoms with van der Waals surface area (Å²) in [5.41, 5.74) is 1.47. The molecule has 9 nitrogen and oxygen atoms in total. The Bertz CT molecular complexity index is 1870. The molecule has 4 aromatic rings. The van der Waals surface area contributed by atoms with Crippen molar-refractivity contribution in [3.63, 3.8) is 0 Å². The standard InChI is InChI=1S/C32H32F2IN5O4/c1-17-16-44-29-26(34)24(33)12-21-27(29)39(17)15-22(28(21)41)30(42)37-19-13-36-40(14-19)20-7-9-38(10-8-20)31(43)18-5-6-23(25(35)11-18)32(2,3)4/h5-6,11-15,17,20H,7-10,16H2,1-4H3,(H,37,42)/t17-/m1/s1. The molecule has 1 fully saturated rings. The Labute approximate surface area is 266 Å². The number of likely N-dealkylation sites (tertiary alicyclic amines) is 1. The maximum atomic E-state index is 14.4. The minimum atomic E-state index is -1.22. The first-order chi connectivity index (χ1) is 20.8. The van der Waals surface area contributed by atoms with Crippen LogP contribution in [0.4, 0.5) is 14.5 Å². The number of carbonyl (C=O) groups is 2. The topological polar surface area (TPSA) is 98.5 Å². The third-order valence-corrected chi connectivity index (χ3v) is 9.26. The lowest BCUT2D eigenvalue weighted by Crippen LogP contribution is -2.39. The number of anilines is 1. The Hall–Kier alpha value is -3.81. The molecule has 2 aliphatic heterocycles. The van der Waals surface area contributed by atoms with Gasteiger partial charge in [-0.05, 0) is 71.5 Å². The van der Waals surface area contributed by atoms with E-state index < -0.39 is 23.0 Å². The number of piperidine rings is 1. The van der Waals surface area contributed by atoms with Crippen molar-refractivity contribution in [2.75, 3.05) is 25.0 Å². The Balaban J connectivity index is 1.14. The molecule has 2 amide bonds. The predicted molar refractivity (Wildman–Crippen MR) is 171 cm³/mol. The van der Waals surface area contributed by atoms with E-state index in [-0.39, 0.29) is 52.2 Å². The number of aromatic nitrogens is 3. The molecule has 230 valence electrons. The molecule has 2 aromatic heterocycles. The molecule has 1 atom stereocenters. The quantitative estimate of drug-likeness (QED) is 0.259. The van der Waals surface area contributed by atoms with Gasteiger partial charge >= 0.3 is 0 Å². The van der Waals surface area contributed by atoms with Gasteiger partial charge in [0.2, 0.25) is 11.2 Å². The van der Waals surface area contributed by atoms with Crippen LogP contribution in [0.5, 0.6) is 5.75 Å². The van der Waals surface area contributed by atoms with Gasteiger partial charge in [0.1, 0.15) is 12.2 Å². The van der Waals surface area contributed by atoms with Crippen LogP contribution in [0.1, 0.15) is 78.9 Å². The number of benzene rings is 2. The highest BCUT2D eigenvalue weighted by molar-refractivity contribution is 14.1. The maximum Gasteiger partial charge on any atom is 0.261 e. The number of hydrogen-bond acceptors (Lipinski definition) is 5. The van der Waals surface area contributed by atoms with Crippen molar-refractivity contribution in [2.45, 2.75) is 58.0 Å². The van der Waals surface area contributed by atoms with Crippen LogP contribution < -0.4 is 15.5 Å². The maximum absolute atomic E-state index is 14.4. The molecular weight excluding hydrogens is 683 g/mol. The fourth-order valence-corrected chi connectivity index (χ4v) is 7.25. The van der Waals surface area contributed by atoms with Crippen LogP contribution in [-0.2, 0) is 5.41 Å². The number of halogens is 3. The summed E-state index contributed by atoms with van der Waals surface area (Å²) in [4.78, 5) is 41.5. The molecule has 2 aliphatic rings. The number of pyridine rings is 1. The predicted octanol–water partition coefficient (Wildman–Crippen LogP) is 6.06. The van der Waals surface area contributed by atoms with Gasteiger partial charge in [0.25, 0.3) is 11.8 Å². The van der Waals surface area contributed by atoms with Crippen molar-refractivity contribution in [3.8, 4) is 5.75 Å². The second-order valence-corrected chi connectivity index (χ2v) is 13.6. The lowest BCUT2D eigenvalue weighted by molar-refractivity contribution is 0.0689. The summed E-state index contributed by atoms with van der Waals surface area (Å²) in [7, 11) is 0. The van der Waals surface area contributed by atoms with Gasteiger partial charge in [-0.2, -0.15) is 9.49 Å². The van der Waals surface area contributed by atoms with Gasteiger partial charge in [0.15, 0.2) is 11.6 Å². The fraction of sp³-hybridized carbons (Fsp3) is 0.375. The van der Waals surface area contributed by atoms with Crippen LogP contribution in [0.2, 0.25) is 0 Å². The minimum absolute atomic E-state index is 0.00164. The Morgan fingerprint density at radius 2 is 1.84 bits per heavy atom. The number of nitrogens with zero attached hydrogens (tertiary/aromatic N) is 4. The first-order valence-electron chi connectivity index (χ1n) is 14.5. The van der Waals surface area contributed by atoms with E-state index in [4.69, 9.17) is 4.74 Å². The van der Waals surface area contributed by atoms with Crippen molar-refractivity contribution >= 4 is 51.0 Å². The van der Waals surface area contributed by atoms with Crippen molar-refractivity contribution in [1.29, 1.82) is 0 Å². The van der Waals surface area contributed by atoms with E-state index >= 15 is 0 Å². The SMILES string of the molecule is C[C@@H]1COc2c(F)c(F)cc3c(=O)c(C(=O)Nc4cnn(C5CCN(C(=O)c6ccc(C(C)(C)C)c(I)c6)CC5)c4)cn1c23. The molecule has 2 aromatic carbocycles. The van der Waals surface area contributed by atoms with E-state index in [1.54, 1.807) is 22.4 Å². The third-order valence-electron chi connectivity index (χ3n) is 8.36. The molecule has 44 heavy (non-hydrogen) atoms. The van der Waals surface area contributed by atoms with Crippen molar-refractivity contribution in [1.82, 2.24) is 19.2 Å². The van der Waals surface area contributed by atoms with E-state index in [1.165, 1.54) is 18.0 Å². The van der Waals surface area contributed by atoms with Crippen molar-refractivity contribution in [3.05, 3.63) is 85.0 Å². The van der Waals surface area contributed by atoms with Gasteiger partial charge < -0.3 is 19.5 Å². The van der Waals surface area contributed by atoms with Gasteiger partial charge in [-0.25, -0.2) is 4.39 Å². The van der Waals surface area contributed by atoms with Gasteiger partial charge in [0.05, 0.1) is 34.9 Å². The summed E-state index contributed by atoms with van der Waals surface area (Å²) < 4.78 is 38.5. The third kappa shape index (κ3) is 5.37. The van der Waals surface area contributed by atoms with E-state index in [0.29, 0.717) is 37.2 Å². The summed E-state index contributed by atoms with van der Waals surface area (Å²) in [5, 5.41) is 7.01. The number of amides is 2. The molecule has 4 heterocycles. The van der Waals surface area contributed by atoms with Crippen LogP contribution >= 0.6 is 22.6 Å². The van der Waals surface area contributed by atoms with E-state index in [2.05, 4.69) is 53.8 Å². The molecule has 12 heteroatoms. The first-order valence-corrected chi connectivity index (χ1v) is 15.6. The Morgan fingerprint density at radius 3 is 2.52 bits per heavy atom. The zero-order valence-corrected chi connectivity index (χ0v) is 26.9. The lowest BCUT2D eigenvalue weighted by atomic mass is 9.86. The highest BCUT2D eigenvalue weighted by atomic mass is 127. The zero-order chi connectivity index (χ0) is 31.5. The smallest absolute Gasteiger partial charge is 0.261 e. The average molecular weight is 716 g/mol. The summed E-state index contributed by atoms with van der Waals surface area (Å²) in [6.07, 6.45) is 5.94. The molecule has 0 aliphatic carbocycles. The van der Waals surface area contributed by atoms with Gasteiger partial charge in [-0.1, -0.05) is 26.8 Å². The number of hydrogen-bond donors (Lipinski definition) is 1. The number of ether oxygens (including phenoxy) is 1. The summed E-state index contributed by atoms with van der Waals surface area (Å²) in [6, 6.07) is 6.42. The molecule has 0 bridgehead atoms. The second-order valence-electron chi connectivity index (χ2n) is 12.5. The molecule has 0 saturated carbocycles. The Morgan fingerprint density at radius 1 is 1.11 bits per heavy atom. The summed E-state index contributed by atoms with van der Waals surface area (Å²) >= 11 is 2.29. The molecule has 6 rings (SSSR count). The molecule has 0 spiro atoms. The largest absolute Gasteiger partial charge is 0.486 e. The summed E-state index contributed by atoms with van der Waals surface area (Å²) in [5.74, 6) is -3.39. The van der Waals surface area contributed by atoms with Crippen LogP contribution in [0.25, 0.3) is 10.9 Å². The van der Waals surface area contributed by atoms with Crippen LogP contribution in [0.3, 0.4) is 0 Å². The minimum Gasteiger partial charge on any atom is -0.486 e. The van der Waals surface area contributed by atoms with Crippen molar-refractivity contribution in [2.24, 2.45) is 0 Å². The van der Waals surface area contributed by atoms with Crippen LogP contribution in [0, 0.1) is 15.2 Å². The molecule has 1 saturated heterocycles. The molecule has 0 radical (unpaired) electrons. The molecule has 1 N–H and O–H groups in total. The van der Waals surface area contributed by atoms with Gasteiger partial charge in [-0.15, -0.1) is 0 Å². The molecule has 0 unspecified atom stereocenters. The second kappa shape index (κ2) is 11.3. The monoisotopic (exact) mass is 715 g/mol. The van der Waals surface area contributed by atoms with Gasteiger partial charge in [-0.3, -0.25) is 19.1 Å². The highest BCUT2D eigenvalue weighted by Gasteiger charge is 2.29. The number of carbonyl (C=O) groups excluding carboxylic acids is 2. The first kappa shape index (κ1) is 30.2. The fourth-order valence-electron chi connectivity index (χ4n) is 5.93. The average Bonchev–Trinajstić information content (AvgIpc) is 3.45. The Kier molecular flexibility index (Phi) is 7.75. The number of nitrogens with one attached hydrogen (secondary N) is 1. The van der Waals surface area contributed by atoms with E-state index in [9.17, 15) is 23.2 Å². The van der Waals surface area contributed by atoms with Gasteiger partial charge in [0, 0.05) is 34.6 Å². The van der Waals surface area contributed by atoms with Crippen molar-refractivity contribution < 1.29 is 23.1 Å².